The van der Waals surface area contributed by atoms with Crippen LogP contribution in [0.1, 0.15) is 90.4 Å². The van der Waals surface area contributed by atoms with Crippen LogP contribution in [0.15, 0.2) is 12.7 Å². The summed E-state index contributed by atoms with van der Waals surface area (Å²) < 4.78 is 0. The first-order valence-electron chi connectivity index (χ1n) is 7.93. The van der Waals surface area contributed by atoms with Gasteiger partial charge in [0.15, 0.2) is 0 Å². The van der Waals surface area contributed by atoms with Crippen molar-refractivity contribution in [1.29, 1.82) is 0 Å². The van der Waals surface area contributed by atoms with E-state index >= 15 is 0 Å². The first-order valence-corrected chi connectivity index (χ1v) is 7.93. The van der Waals surface area contributed by atoms with Crippen molar-refractivity contribution in [3.63, 3.8) is 0 Å². The van der Waals surface area contributed by atoms with Gasteiger partial charge in [-0.25, -0.2) is 0 Å². The van der Waals surface area contributed by atoms with E-state index in [0.717, 1.165) is 32.1 Å². The lowest BCUT2D eigenvalue weighted by Crippen LogP contribution is -1.97. The van der Waals surface area contributed by atoms with E-state index in [4.69, 9.17) is 0 Å². The molecule has 0 aliphatic carbocycles. The molecule has 1 heteroatoms. The molecule has 1 nitrogen and oxygen atoms in total. The van der Waals surface area contributed by atoms with E-state index < -0.39 is 0 Å². The van der Waals surface area contributed by atoms with Gasteiger partial charge in [0.1, 0.15) is 5.78 Å². The van der Waals surface area contributed by atoms with E-state index in [1.54, 1.807) is 0 Å². The van der Waals surface area contributed by atoms with Crippen LogP contribution >= 0.6 is 0 Å². The van der Waals surface area contributed by atoms with E-state index in [0.29, 0.717) is 5.78 Å². The fourth-order valence-corrected chi connectivity index (χ4v) is 2.19. The molecule has 0 aromatic heterocycles. The van der Waals surface area contributed by atoms with E-state index in [1.807, 2.05) is 6.08 Å². The Morgan fingerprint density at radius 2 is 1.33 bits per heavy atom. The number of ketones is 1. The molecular weight excluding hydrogens is 220 g/mol. The molecule has 0 rings (SSSR count). The van der Waals surface area contributed by atoms with Crippen LogP contribution in [0.3, 0.4) is 0 Å². The minimum Gasteiger partial charge on any atom is -0.300 e. The minimum absolute atomic E-state index is 0.481. The second-order valence-electron chi connectivity index (χ2n) is 5.30. The van der Waals surface area contributed by atoms with E-state index in [2.05, 4.69) is 13.5 Å². The smallest absolute Gasteiger partial charge is 0.132 e. The number of Topliss-reactive ketones (excluding diaryl/α,β-unsaturated/α-hetero) is 1. The number of rotatable bonds is 14. The molecule has 0 spiro atoms. The van der Waals surface area contributed by atoms with Crippen LogP contribution in [0.4, 0.5) is 0 Å². The summed E-state index contributed by atoms with van der Waals surface area (Å²) in [4.78, 5) is 11.6. The summed E-state index contributed by atoms with van der Waals surface area (Å²) in [6.07, 6.45) is 17.1. The number of hydrogen-bond donors (Lipinski definition) is 0. The van der Waals surface area contributed by atoms with Crippen molar-refractivity contribution in [3.8, 4) is 0 Å². The van der Waals surface area contributed by atoms with Gasteiger partial charge in [-0.2, -0.15) is 0 Å². The second-order valence-corrected chi connectivity index (χ2v) is 5.30. The lowest BCUT2D eigenvalue weighted by atomic mass is 10.0. The second kappa shape index (κ2) is 14.5. The van der Waals surface area contributed by atoms with Gasteiger partial charge < -0.3 is 0 Å². The number of unbranched alkanes of at least 4 members (excludes halogenated alkanes) is 9. The van der Waals surface area contributed by atoms with Crippen LogP contribution in [-0.4, -0.2) is 5.78 Å². The fourth-order valence-electron chi connectivity index (χ4n) is 2.19. The molecule has 0 aromatic carbocycles. The summed E-state index contributed by atoms with van der Waals surface area (Å²) >= 11 is 0. The summed E-state index contributed by atoms with van der Waals surface area (Å²) in [5.74, 6) is 0.481. The zero-order chi connectivity index (χ0) is 13.5. The maximum absolute atomic E-state index is 11.6. The first kappa shape index (κ1) is 17.4. The van der Waals surface area contributed by atoms with Crippen LogP contribution in [0, 0.1) is 0 Å². The molecule has 0 N–H and O–H groups in total. The van der Waals surface area contributed by atoms with Crippen molar-refractivity contribution in [2.24, 2.45) is 0 Å². The van der Waals surface area contributed by atoms with Crippen molar-refractivity contribution in [2.75, 3.05) is 0 Å². The van der Waals surface area contributed by atoms with Crippen LogP contribution in [0.5, 0.6) is 0 Å². The van der Waals surface area contributed by atoms with E-state index in [-0.39, 0.29) is 0 Å². The number of carbonyl (C=O) groups is 1. The predicted octanol–water partition coefficient (Wildman–Crippen LogP) is 5.83. The maximum atomic E-state index is 11.6. The molecule has 0 unspecified atom stereocenters. The van der Waals surface area contributed by atoms with E-state index in [1.165, 1.54) is 51.4 Å². The topological polar surface area (TPSA) is 17.1 Å². The van der Waals surface area contributed by atoms with Gasteiger partial charge in [-0.05, 0) is 25.7 Å². The average Bonchev–Trinajstić information content (AvgIpc) is 2.38. The van der Waals surface area contributed by atoms with Gasteiger partial charge in [-0.15, -0.1) is 6.58 Å². The van der Waals surface area contributed by atoms with Crippen molar-refractivity contribution in [2.45, 2.75) is 90.4 Å². The third kappa shape index (κ3) is 13.5. The largest absolute Gasteiger partial charge is 0.300 e. The molecule has 0 fully saturated rings. The molecule has 0 amide bonds. The average molecular weight is 252 g/mol. The van der Waals surface area contributed by atoms with Gasteiger partial charge in [-0.1, -0.05) is 57.9 Å². The molecule has 0 saturated carbocycles. The van der Waals surface area contributed by atoms with Crippen molar-refractivity contribution >= 4 is 5.78 Å². The lowest BCUT2D eigenvalue weighted by molar-refractivity contribution is -0.119. The van der Waals surface area contributed by atoms with Crippen LogP contribution in [0.2, 0.25) is 0 Å². The Bertz CT molecular complexity index is 196. The lowest BCUT2D eigenvalue weighted by Gasteiger charge is -2.02. The molecule has 0 heterocycles. The van der Waals surface area contributed by atoms with Gasteiger partial charge in [-0.3, -0.25) is 4.79 Å². The van der Waals surface area contributed by atoms with Gasteiger partial charge in [0, 0.05) is 12.8 Å². The molecular formula is C17H32O. The number of carbonyl (C=O) groups excluding carboxylic acids is 1. The third-order valence-corrected chi connectivity index (χ3v) is 3.42. The molecule has 106 valence electrons. The Labute approximate surface area is 114 Å². The highest BCUT2D eigenvalue weighted by molar-refractivity contribution is 5.78. The molecule has 0 aliphatic heterocycles. The summed E-state index contributed by atoms with van der Waals surface area (Å²) in [5, 5.41) is 0. The zero-order valence-corrected chi connectivity index (χ0v) is 12.4. The summed E-state index contributed by atoms with van der Waals surface area (Å²) in [5.41, 5.74) is 0. The SMILES string of the molecule is C=CCCCCCCC(=O)CCCCCCCC. The summed E-state index contributed by atoms with van der Waals surface area (Å²) in [6.45, 7) is 5.95. The van der Waals surface area contributed by atoms with Gasteiger partial charge in [0.2, 0.25) is 0 Å². The molecule has 18 heavy (non-hydrogen) atoms. The minimum atomic E-state index is 0.481. The van der Waals surface area contributed by atoms with Gasteiger partial charge in [0.25, 0.3) is 0 Å². The Kier molecular flexibility index (Phi) is 14.0. The molecule has 0 saturated heterocycles. The summed E-state index contributed by atoms with van der Waals surface area (Å²) in [6, 6.07) is 0. The molecule has 0 aliphatic rings. The Morgan fingerprint density at radius 1 is 0.833 bits per heavy atom. The van der Waals surface area contributed by atoms with Gasteiger partial charge in [0.05, 0.1) is 0 Å². The van der Waals surface area contributed by atoms with Gasteiger partial charge >= 0.3 is 0 Å². The van der Waals surface area contributed by atoms with Crippen molar-refractivity contribution in [3.05, 3.63) is 12.7 Å². The predicted molar refractivity (Wildman–Crippen MR) is 80.9 cm³/mol. The Hall–Kier alpha value is -0.590. The monoisotopic (exact) mass is 252 g/mol. The third-order valence-electron chi connectivity index (χ3n) is 3.42. The molecule has 0 atom stereocenters. The molecule has 0 aromatic rings. The van der Waals surface area contributed by atoms with Crippen LogP contribution < -0.4 is 0 Å². The highest BCUT2D eigenvalue weighted by Crippen LogP contribution is 2.10. The number of allylic oxidation sites excluding steroid dienone is 1. The standard InChI is InChI=1S/C17H32O/c1-3-5-7-9-11-13-15-17(18)16-14-12-10-8-6-4-2/h3H,1,4-16H2,2H3. The summed E-state index contributed by atoms with van der Waals surface area (Å²) in [7, 11) is 0. The Morgan fingerprint density at radius 3 is 1.89 bits per heavy atom. The first-order chi connectivity index (χ1) is 8.81. The highest BCUT2D eigenvalue weighted by Gasteiger charge is 2.01. The zero-order valence-electron chi connectivity index (χ0n) is 12.4. The molecule has 0 radical (unpaired) electrons. The number of hydrogen-bond acceptors (Lipinski definition) is 1. The maximum Gasteiger partial charge on any atom is 0.132 e. The highest BCUT2D eigenvalue weighted by atomic mass is 16.1. The quantitative estimate of drug-likeness (QED) is 0.281. The fraction of sp³-hybridized carbons (Fsp3) is 0.824. The van der Waals surface area contributed by atoms with Crippen LogP contribution in [-0.2, 0) is 4.79 Å². The van der Waals surface area contributed by atoms with Crippen molar-refractivity contribution in [1.82, 2.24) is 0 Å². The normalized spacial score (nSPS) is 10.5. The van der Waals surface area contributed by atoms with E-state index in [9.17, 15) is 4.79 Å². The Balaban J connectivity index is 3.15. The molecule has 0 bridgehead atoms. The van der Waals surface area contributed by atoms with Crippen LogP contribution in [0.25, 0.3) is 0 Å². The van der Waals surface area contributed by atoms with Crippen molar-refractivity contribution < 1.29 is 4.79 Å².